The van der Waals surface area contributed by atoms with Crippen LogP contribution in [0.2, 0.25) is 0 Å². The summed E-state index contributed by atoms with van der Waals surface area (Å²) < 4.78 is 11.6. The molecule has 0 aliphatic heterocycles. The van der Waals surface area contributed by atoms with Crippen LogP contribution in [0.15, 0.2) is 24.3 Å². The average molecular weight is 492 g/mol. The molecule has 0 bridgehead atoms. The summed E-state index contributed by atoms with van der Waals surface area (Å²) in [5, 5.41) is 18.7. The second-order valence-corrected chi connectivity index (χ2v) is 11.3. The van der Waals surface area contributed by atoms with Gasteiger partial charge in [-0.05, 0) is 94.3 Å². The summed E-state index contributed by atoms with van der Waals surface area (Å²) in [6.45, 7) is -0.178. The van der Waals surface area contributed by atoms with Crippen LogP contribution in [0.3, 0.4) is 0 Å². The highest BCUT2D eigenvalue weighted by atomic mass is 16.5. The summed E-state index contributed by atoms with van der Waals surface area (Å²) in [4.78, 5) is 12.0. The van der Waals surface area contributed by atoms with Crippen molar-refractivity contribution in [1.29, 1.82) is 0 Å². The van der Waals surface area contributed by atoms with Gasteiger partial charge in [-0.25, -0.2) is 0 Å². The molecule has 0 aromatic heterocycles. The normalized spacial score (nSPS) is 37.6. The topological polar surface area (TPSA) is 102 Å². The number of ether oxygens (including phenoxy) is 2. The number of carbonyl (C=O) groups is 1. The summed E-state index contributed by atoms with van der Waals surface area (Å²) in [5.74, 6) is 2.25. The molecule has 3 rings (SSSR count). The van der Waals surface area contributed by atoms with Gasteiger partial charge in [0, 0.05) is 32.7 Å². The van der Waals surface area contributed by atoms with E-state index in [4.69, 9.17) is 15.2 Å². The van der Waals surface area contributed by atoms with Crippen LogP contribution < -0.4 is 5.73 Å². The molecule has 0 amide bonds. The van der Waals surface area contributed by atoms with Gasteiger partial charge >= 0.3 is 0 Å². The summed E-state index contributed by atoms with van der Waals surface area (Å²) in [5.41, 5.74) is 6.14. The van der Waals surface area contributed by atoms with Gasteiger partial charge in [-0.3, -0.25) is 4.79 Å². The highest BCUT2D eigenvalue weighted by Gasteiger charge is 2.37. The first-order chi connectivity index (χ1) is 17.0. The largest absolute Gasteiger partial charge is 0.396 e. The van der Waals surface area contributed by atoms with Crippen molar-refractivity contribution in [2.24, 2.45) is 41.2 Å². The van der Waals surface area contributed by atoms with Crippen molar-refractivity contribution < 1.29 is 24.5 Å². The molecule has 6 nitrogen and oxygen atoms in total. The lowest BCUT2D eigenvalue weighted by Gasteiger charge is -2.40. The Balaban J connectivity index is 1.69. The maximum absolute atomic E-state index is 12.0. The number of hydrogen-bond acceptors (Lipinski definition) is 6. The molecule has 0 aromatic carbocycles. The fourth-order valence-electron chi connectivity index (χ4n) is 6.66. The first kappa shape index (κ1) is 28.5. The average Bonchev–Trinajstić information content (AvgIpc) is 2.90. The molecule has 5 unspecified atom stereocenters. The molecule has 3 saturated carbocycles. The zero-order valence-corrected chi connectivity index (χ0v) is 21.9. The second kappa shape index (κ2) is 14.6. The Kier molecular flexibility index (Phi) is 11.9. The van der Waals surface area contributed by atoms with Crippen LogP contribution in [0.5, 0.6) is 0 Å². The Bertz CT molecular complexity index is 635. The molecule has 0 radical (unpaired) electrons. The van der Waals surface area contributed by atoms with Gasteiger partial charge in [0.05, 0.1) is 18.2 Å². The zero-order valence-electron chi connectivity index (χ0n) is 21.9. The number of rotatable bonds is 11. The number of allylic oxidation sites excluding steroid dienone is 2. The van der Waals surface area contributed by atoms with Crippen molar-refractivity contribution >= 4 is 5.78 Å². The molecule has 0 heterocycles. The summed E-state index contributed by atoms with van der Waals surface area (Å²) >= 11 is 0. The minimum atomic E-state index is -0.601. The molecule has 200 valence electrons. The van der Waals surface area contributed by atoms with Crippen molar-refractivity contribution in [3.63, 3.8) is 0 Å². The highest BCUT2D eigenvalue weighted by molar-refractivity contribution is 5.84. The van der Waals surface area contributed by atoms with E-state index < -0.39 is 12.6 Å². The molecule has 3 aliphatic rings. The predicted molar refractivity (Wildman–Crippen MR) is 139 cm³/mol. The third-order valence-corrected chi connectivity index (χ3v) is 8.95. The Hall–Kier alpha value is -1.05. The molecule has 0 spiro atoms. The number of methoxy groups -OCH3 is 2. The number of nitrogens with two attached hydrogens (primary N) is 1. The maximum atomic E-state index is 12.0. The van der Waals surface area contributed by atoms with Crippen LogP contribution in [-0.4, -0.2) is 61.7 Å². The summed E-state index contributed by atoms with van der Waals surface area (Å²) in [6.07, 6.45) is 21.6. The van der Waals surface area contributed by atoms with Gasteiger partial charge in [0.15, 0.2) is 5.78 Å². The highest BCUT2D eigenvalue weighted by Crippen LogP contribution is 2.40. The molecule has 0 aromatic rings. The van der Waals surface area contributed by atoms with E-state index in [9.17, 15) is 15.0 Å². The van der Waals surface area contributed by atoms with Gasteiger partial charge < -0.3 is 25.4 Å². The number of aliphatic hydroxyl groups is 2. The number of aliphatic hydroxyl groups excluding tert-OH is 2. The monoisotopic (exact) mass is 491 g/mol. The molecule has 0 saturated heterocycles. The fraction of sp³-hybridized carbons (Fsp3) is 0.828. The SMILES string of the molecule is COC1CCC(/C=C/C2CC(CC(N)C(=O)CO)CC(/C=C/C3CCC(CO)CC3)C2OC)CC1. The van der Waals surface area contributed by atoms with Crippen molar-refractivity contribution in [2.75, 3.05) is 27.4 Å². The third-order valence-electron chi connectivity index (χ3n) is 8.95. The van der Waals surface area contributed by atoms with E-state index in [2.05, 4.69) is 24.3 Å². The lowest BCUT2D eigenvalue weighted by atomic mass is 9.70. The Morgan fingerprint density at radius 1 is 0.829 bits per heavy atom. The first-order valence-corrected chi connectivity index (χ1v) is 13.9. The van der Waals surface area contributed by atoms with Crippen LogP contribution in [-0.2, 0) is 14.3 Å². The van der Waals surface area contributed by atoms with E-state index in [1.807, 2.05) is 14.2 Å². The van der Waals surface area contributed by atoms with Crippen LogP contribution in [0, 0.1) is 35.5 Å². The van der Waals surface area contributed by atoms with Crippen LogP contribution in [0.25, 0.3) is 0 Å². The van der Waals surface area contributed by atoms with E-state index >= 15 is 0 Å². The predicted octanol–water partition coefficient (Wildman–Crippen LogP) is 4.04. The van der Waals surface area contributed by atoms with Crippen LogP contribution >= 0.6 is 0 Å². The van der Waals surface area contributed by atoms with E-state index in [-0.39, 0.29) is 23.7 Å². The molecular formula is C29H49NO5. The smallest absolute Gasteiger partial charge is 0.174 e. The molecule has 5 atom stereocenters. The quantitative estimate of drug-likeness (QED) is 0.377. The zero-order chi connectivity index (χ0) is 25.2. The van der Waals surface area contributed by atoms with E-state index in [1.54, 1.807) is 0 Å². The lowest BCUT2D eigenvalue weighted by molar-refractivity contribution is -0.123. The van der Waals surface area contributed by atoms with Crippen molar-refractivity contribution in [2.45, 2.75) is 88.9 Å². The van der Waals surface area contributed by atoms with Crippen molar-refractivity contribution in [1.82, 2.24) is 0 Å². The molecule has 3 aliphatic carbocycles. The van der Waals surface area contributed by atoms with Crippen molar-refractivity contribution in [3.05, 3.63) is 24.3 Å². The molecule has 35 heavy (non-hydrogen) atoms. The van der Waals surface area contributed by atoms with E-state index in [1.165, 1.54) is 12.8 Å². The lowest BCUT2D eigenvalue weighted by Crippen LogP contribution is -2.41. The first-order valence-electron chi connectivity index (χ1n) is 13.9. The Morgan fingerprint density at radius 3 is 1.83 bits per heavy atom. The molecule has 3 fully saturated rings. The number of ketones is 1. The minimum Gasteiger partial charge on any atom is -0.396 e. The van der Waals surface area contributed by atoms with Gasteiger partial charge in [-0.2, -0.15) is 0 Å². The molecule has 4 N–H and O–H groups in total. The Labute approximate surface area is 212 Å². The van der Waals surface area contributed by atoms with E-state index in [0.717, 1.165) is 51.4 Å². The number of hydrogen-bond donors (Lipinski definition) is 3. The van der Waals surface area contributed by atoms with Gasteiger partial charge in [0.25, 0.3) is 0 Å². The maximum Gasteiger partial charge on any atom is 0.174 e. The van der Waals surface area contributed by atoms with Gasteiger partial charge in [-0.1, -0.05) is 24.3 Å². The third kappa shape index (κ3) is 8.50. The van der Waals surface area contributed by atoms with E-state index in [0.29, 0.717) is 42.8 Å². The Morgan fingerprint density at radius 2 is 1.37 bits per heavy atom. The van der Waals surface area contributed by atoms with Gasteiger partial charge in [0.1, 0.15) is 6.61 Å². The van der Waals surface area contributed by atoms with Crippen LogP contribution in [0.4, 0.5) is 0 Å². The number of carbonyl (C=O) groups excluding carboxylic acids is 1. The second-order valence-electron chi connectivity index (χ2n) is 11.3. The fourth-order valence-corrected chi connectivity index (χ4v) is 6.66. The molecule has 6 heteroatoms. The number of Topliss-reactive ketones (excluding diaryl/α,β-unsaturated/α-hetero) is 1. The molecular weight excluding hydrogens is 442 g/mol. The van der Waals surface area contributed by atoms with Crippen molar-refractivity contribution in [3.8, 4) is 0 Å². The minimum absolute atomic E-state index is 0.118. The van der Waals surface area contributed by atoms with Crippen LogP contribution in [0.1, 0.15) is 70.6 Å². The summed E-state index contributed by atoms with van der Waals surface area (Å²) in [6, 6.07) is -0.601. The standard InChI is InChI=1S/C29H49NO5/c1-34-26-13-9-21(10-14-26)8-12-25-16-23(17-27(30)28(33)19-32)15-24(29(25)35-2)11-7-20-3-5-22(18-31)6-4-20/h7-8,11-12,20-27,29,31-32H,3-6,9-10,13-19,30H2,1-2H3/b11-7+,12-8+. The van der Waals surface area contributed by atoms with Gasteiger partial charge in [-0.15, -0.1) is 0 Å². The van der Waals surface area contributed by atoms with Gasteiger partial charge in [0.2, 0.25) is 0 Å². The summed E-state index contributed by atoms with van der Waals surface area (Å²) in [7, 11) is 3.63.